The van der Waals surface area contributed by atoms with Crippen molar-refractivity contribution in [2.24, 2.45) is 17.1 Å². The summed E-state index contributed by atoms with van der Waals surface area (Å²) >= 11 is 0. The van der Waals surface area contributed by atoms with Gasteiger partial charge >= 0.3 is 0 Å². The molecule has 3 N–H and O–H groups in total. The molecule has 1 rings (SSSR count). The number of rotatable bonds is 4. The van der Waals surface area contributed by atoms with Crippen molar-refractivity contribution in [1.29, 1.82) is 0 Å². The number of aliphatic hydroxyl groups is 1. The van der Waals surface area contributed by atoms with Crippen LogP contribution in [-0.2, 0) is 0 Å². The molecule has 0 aliphatic heterocycles. The first-order valence-electron chi connectivity index (χ1n) is 4.46. The smallest absolute Gasteiger partial charge is 0.0577 e. The lowest BCUT2D eigenvalue weighted by Crippen LogP contribution is -2.37. The summed E-state index contributed by atoms with van der Waals surface area (Å²) in [5.74, 6) is 0.846. The molecule has 66 valence electrons. The summed E-state index contributed by atoms with van der Waals surface area (Å²) in [5.41, 5.74) is 5.58. The van der Waals surface area contributed by atoms with Crippen molar-refractivity contribution >= 4 is 0 Å². The van der Waals surface area contributed by atoms with Crippen molar-refractivity contribution in [1.82, 2.24) is 0 Å². The van der Waals surface area contributed by atoms with Gasteiger partial charge in [0.05, 0.1) is 6.10 Å². The fraction of sp³-hybridized carbons (Fsp3) is 1.00. The van der Waals surface area contributed by atoms with Crippen LogP contribution in [0.1, 0.15) is 33.1 Å². The molecule has 1 aliphatic carbocycles. The Morgan fingerprint density at radius 2 is 2.18 bits per heavy atom. The minimum atomic E-state index is -0.270. The normalized spacial score (nSPS) is 26.2. The van der Waals surface area contributed by atoms with Crippen LogP contribution in [0.25, 0.3) is 0 Å². The van der Waals surface area contributed by atoms with Crippen molar-refractivity contribution in [2.75, 3.05) is 6.54 Å². The van der Waals surface area contributed by atoms with Crippen molar-refractivity contribution in [3.63, 3.8) is 0 Å². The Bertz CT molecular complexity index is 132. The molecule has 2 nitrogen and oxygen atoms in total. The molecule has 0 aromatic heterocycles. The maximum atomic E-state index is 9.47. The Labute approximate surface area is 68.8 Å². The molecule has 0 spiro atoms. The molecule has 1 fully saturated rings. The number of hydrogen-bond acceptors (Lipinski definition) is 2. The highest BCUT2D eigenvalue weighted by atomic mass is 16.3. The van der Waals surface area contributed by atoms with E-state index < -0.39 is 0 Å². The summed E-state index contributed by atoms with van der Waals surface area (Å²) in [6.07, 6.45) is 3.50. The lowest BCUT2D eigenvalue weighted by atomic mass is 9.80. The topological polar surface area (TPSA) is 46.2 Å². The minimum absolute atomic E-state index is 0.0405. The average molecular weight is 157 g/mol. The van der Waals surface area contributed by atoms with E-state index in [4.69, 9.17) is 5.73 Å². The van der Waals surface area contributed by atoms with Crippen molar-refractivity contribution in [2.45, 2.75) is 39.2 Å². The highest BCUT2D eigenvalue weighted by Gasteiger charge is 2.35. The third-order valence-corrected chi connectivity index (χ3v) is 2.93. The molecule has 2 atom stereocenters. The lowest BCUT2D eigenvalue weighted by Gasteiger charge is -2.31. The second kappa shape index (κ2) is 3.11. The Hall–Kier alpha value is -0.0800. The van der Waals surface area contributed by atoms with Gasteiger partial charge < -0.3 is 10.8 Å². The maximum Gasteiger partial charge on any atom is 0.0577 e. The van der Waals surface area contributed by atoms with Gasteiger partial charge in [-0.2, -0.15) is 0 Å². The van der Waals surface area contributed by atoms with E-state index >= 15 is 0 Å². The Morgan fingerprint density at radius 3 is 2.45 bits per heavy atom. The van der Waals surface area contributed by atoms with Crippen molar-refractivity contribution in [3.05, 3.63) is 0 Å². The van der Waals surface area contributed by atoms with E-state index in [0.29, 0.717) is 6.54 Å². The largest absolute Gasteiger partial charge is 0.393 e. The van der Waals surface area contributed by atoms with E-state index in [0.717, 1.165) is 12.3 Å². The number of nitrogens with two attached hydrogens (primary N) is 1. The fourth-order valence-electron chi connectivity index (χ4n) is 1.41. The van der Waals surface area contributed by atoms with Gasteiger partial charge in [0.2, 0.25) is 0 Å². The Kier molecular flexibility index (Phi) is 2.55. The van der Waals surface area contributed by atoms with Crippen LogP contribution < -0.4 is 5.73 Å². The van der Waals surface area contributed by atoms with Crippen LogP contribution in [0.4, 0.5) is 0 Å². The second-order valence-corrected chi connectivity index (χ2v) is 4.18. The summed E-state index contributed by atoms with van der Waals surface area (Å²) in [6, 6.07) is 0. The van der Waals surface area contributed by atoms with Gasteiger partial charge in [-0.15, -0.1) is 0 Å². The van der Waals surface area contributed by atoms with Gasteiger partial charge in [-0.3, -0.25) is 0 Å². The molecular formula is C9H19NO. The minimum Gasteiger partial charge on any atom is -0.393 e. The van der Waals surface area contributed by atoms with Crippen LogP contribution in [0.15, 0.2) is 0 Å². The van der Waals surface area contributed by atoms with Crippen molar-refractivity contribution in [3.8, 4) is 0 Å². The highest BCUT2D eigenvalue weighted by Crippen LogP contribution is 2.41. The number of hydrogen-bond donors (Lipinski definition) is 2. The van der Waals surface area contributed by atoms with Crippen LogP contribution in [0.5, 0.6) is 0 Å². The standard InChI is InChI=1S/C9H19NO/c1-7(11)9(2,6-10)5-8-3-4-8/h7-8,11H,3-6,10H2,1-2H3. The summed E-state index contributed by atoms with van der Waals surface area (Å²) in [6.45, 7) is 4.52. The molecule has 0 saturated heterocycles. The van der Waals surface area contributed by atoms with Gasteiger partial charge in [-0.25, -0.2) is 0 Å². The van der Waals surface area contributed by atoms with E-state index in [1.807, 2.05) is 6.92 Å². The van der Waals surface area contributed by atoms with Crippen LogP contribution in [0, 0.1) is 11.3 Å². The van der Waals surface area contributed by atoms with Crippen molar-refractivity contribution < 1.29 is 5.11 Å². The zero-order chi connectivity index (χ0) is 8.48. The first-order chi connectivity index (χ1) is 5.08. The van der Waals surface area contributed by atoms with Crippen LogP contribution in [0.3, 0.4) is 0 Å². The van der Waals surface area contributed by atoms with Gasteiger partial charge in [0.15, 0.2) is 0 Å². The zero-order valence-electron chi connectivity index (χ0n) is 7.51. The lowest BCUT2D eigenvalue weighted by molar-refractivity contribution is 0.0478. The maximum absolute atomic E-state index is 9.47. The molecule has 1 saturated carbocycles. The highest BCUT2D eigenvalue weighted by molar-refractivity contribution is 4.87. The first-order valence-corrected chi connectivity index (χ1v) is 4.46. The molecular weight excluding hydrogens is 138 g/mol. The Balaban J connectivity index is 2.42. The third-order valence-electron chi connectivity index (χ3n) is 2.93. The van der Waals surface area contributed by atoms with Gasteiger partial charge in [-0.05, 0) is 19.3 Å². The van der Waals surface area contributed by atoms with Gasteiger partial charge in [0, 0.05) is 12.0 Å². The van der Waals surface area contributed by atoms with Crippen LogP contribution in [-0.4, -0.2) is 17.8 Å². The molecule has 0 bridgehead atoms. The predicted molar refractivity (Wildman–Crippen MR) is 46.2 cm³/mol. The molecule has 1 aliphatic rings. The molecule has 0 heterocycles. The molecule has 2 heteroatoms. The van der Waals surface area contributed by atoms with E-state index in [1.165, 1.54) is 12.8 Å². The molecule has 2 unspecified atom stereocenters. The quantitative estimate of drug-likeness (QED) is 0.642. The second-order valence-electron chi connectivity index (χ2n) is 4.18. The Morgan fingerprint density at radius 1 is 1.64 bits per heavy atom. The fourth-order valence-corrected chi connectivity index (χ4v) is 1.41. The predicted octanol–water partition coefficient (Wildman–Crippen LogP) is 1.13. The summed E-state index contributed by atoms with van der Waals surface area (Å²) in [4.78, 5) is 0. The summed E-state index contributed by atoms with van der Waals surface area (Å²) in [7, 11) is 0. The average Bonchev–Trinajstić information content (AvgIpc) is 2.71. The SMILES string of the molecule is CC(O)C(C)(CN)CC1CC1. The summed E-state index contributed by atoms with van der Waals surface area (Å²) < 4.78 is 0. The van der Waals surface area contributed by atoms with E-state index in [2.05, 4.69) is 6.92 Å². The number of aliphatic hydroxyl groups excluding tert-OH is 1. The van der Waals surface area contributed by atoms with Gasteiger partial charge in [-0.1, -0.05) is 19.8 Å². The van der Waals surface area contributed by atoms with Gasteiger partial charge in [0.1, 0.15) is 0 Å². The van der Waals surface area contributed by atoms with Crippen LogP contribution in [0.2, 0.25) is 0 Å². The monoisotopic (exact) mass is 157 g/mol. The molecule has 0 radical (unpaired) electrons. The zero-order valence-corrected chi connectivity index (χ0v) is 7.51. The molecule has 11 heavy (non-hydrogen) atoms. The van der Waals surface area contributed by atoms with Gasteiger partial charge in [0.25, 0.3) is 0 Å². The summed E-state index contributed by atoms with van der Waals surface area (Å²) in [5, 5.41) is 9.47. The first kappa shape index (κ1) is 9.01. The van der Waals surface area contributed by atoms with E-state index in [1.54, 1.807) is 0 Å². The molecule has 0 amide bonds. The molecule has 0 aromatic carbocycles. The molecule has 0 aromatic rings. The van der Waals surface area contributed by atoms with Crippen LogP contribution >= 0.6 is 0 Å². The van der Waals surface area contributed by atoms with E-state index in [9.17, 15) is 5.11 Å². The van der Waals surface area contributed by atoms with E-state index in [-0.39, 0.29) is 11.5 Å². The third kappa shape index (κ3) is 2.17.